The molecule has 1 aromatic rings. The van der Waals surface area contributed by atoms with Gasteiger partial charge in [-0.15, -0.1) is 0 Å². The van der Waals surface area contributed by atoms with Gasteiger partial charge in [0.15, 0.2) is 11.5 Å². The largest absolute Gasteiger partial charge is 0.454 e. The van der Waals surface area contributed by atoms with E-state index in [9.17, 15) is 4.39 Å². The van der Waals surface area contributed by atoms with Crippen LogP contribution in [0.25, 0.3) is 0 Å². The summed E-state index contributed by atoms with van der Waals surface area (Å²) in [5.74, 6) is 1.18. The first kappa shape index (κ1) is 10.7. The highest BCUT2D eigenvalue weighted by atomic mass is 79.9. The molecule has 1 aliphatic rings. The maximum absolute atomic E-state index is 14.0. The molecule has 0 fully saturated rings. The number of alkyl halides is 1. The molecule has 1 heterocycles. The Hall–Kier alpha value is -0.810. The Balaban J connectivity index is 2.49. The Kier molecular flexibility index (Phi) is 2.60. The molecule has 5 heteroatoms. The van der Waals surface area contributed by atoms with Gasteiger partial charge in [-0.25, -0.2) is 4.39 Å². The first-order chi connectivity index (χ1) is 7.04. The number of halogens is 2. The van der Waals surface area contributed by atoms with E-state index in [2.05, 4.69) is 15.9 Å². The van der Waals surface area contributed by atoms with E-state index in [4.69, 9.17) is 15.2 Å². The van der Waals surface area contributed by atoms with Crippen molar-refractivity contribution in [3.05, 3.63) is 22.2 Å². The lowest BCUT2D eigenvalue weighted by Crippen LogP contribution is -2.26. The van der Waals surface area contributed by atoms with Crippen LogP contribution in [0.5, 0.6) is 11.5 Å². The third-order valence-corrected chi connectivity index (χ3v) is 3.06. The normalized spacial score (nSPS) is 17.6. The van der Waals surface area contributed by atoms with Gasteiger partial charge in [0.05, 0.1) is 0 Å². The highest BCUT2D eigenvalue weighted by Crippen LogP contribution is 2.41. The molecular formula is C10H11BrFNO2. The molecule has 0 bridgehead atoms. The van der Waals surface area contributed by atoms with Gasteiger partial charge in [0.2, 0.25) is 6.79 Å². The zero-order chi connectivity index (χ0) is 11.1. The van der Waals surface area contributed by atoms with Crippen LogP contribution in [0.1, 0.15) is 12.5 Å². The summed E-state index contributed by atoms with van der Waals surface area (Å²) < 4.78 is 25.0. The fourth-order valence-electron chi connectivity index (χ4n) is 1.43. The molecule has 0 aromatic heterocycles. The van der Waals surface area contributed by atoms with E-state index in [0.29, 0.717) is 21.5 Å². The topological polar surface area (TPSA) is 44.5 Å². The monoisotopic (exact) mass is 275 g/mol. The van der Waals surface area contributed by atoms with Crippen molar-refractivity contribution in [1.29, 1.82) is 0 Å². The first-order valence-electron chi connectivity index (χ1n) is 4.53. The summed E-state index contributed by atoms with van der Waals surface area (Å²) in [5, 5.41) is 0. The number of nitrogens with two attached hydrogens (primary N) is 1. The minimum Gasteiger partial charge on any atom is -0.454 e. The number of hydrogen-bond acceptors (Lipinski definition) is 3. The molecule has 1 unspecified atom stereocenters. The first-order valence-corrected chi connectivity index (χ1v) is 5.32. The van der Waals surface area contributed by atoms with Gasteiger partial charge in [0.1, 0.15) is 5.67 Å². The number of rotatable bonds is 2. The summed E-state index contributed by atoms with van der Waals surface area (Å²) >= 11 is 3.30. The van der Waals surface area contributed by atoms with Gasteiger partial charge >= 0.3 is 0 Å². The quantitative estimate of drug-likeness (QED) is 0.901. The summed E-state index contributed by atoms with van der Waals surface area (Å²) in [6, 6.07) is 3.32. The molecule has 0 radical (unpaired) electrons. The molecule has 15 heavy (non-hydrogen) atoms. The van der Waals surface area contributed by atoms with Crippen LogP contribution < -0.4 is 15.2 Å². The van der Waals surface area contributed by atoms with E-state index < -0.39 is 5.67 Å². The Labute approximate surface area is 95.5 Å². The molecule has 2 rings (SSSR count). The van der Waals surface area contributed by atoms with Crippen LogP contribution in [0.4, 0.5) is 4.39 Å². The van der Waals surface area contributed by atoms with E-state index in [1.54, 1.807) is 12.1 Å². The molecule has 82 valence electrons. The summed E-state index contributed by atoms with van der Waals surface area (Å²) in [5.41, 5.74) is 4.30. The molecule has 3 nitrogen and oxygen atoms in total. The molecular weight excluding hydrogens is 265 g/mol. The molecule has 2 N–H and O–H groups in total. The van der Waals surface area contributed by atoms with Crippen LogP contribution in [-0.2, 0) is 5.67 Å². The zero-order valence-electron chi connectivity index (χ0n) is 8.22. The predicted molar refractivity (Wildman–Crippen MR) is 57.8 cm³/mol. The molecule has 1 aromatic carbocycles. The van der Waals surface area contributed by atoms with Gasteiger partial charge in [-0.05, 0) is 19.1 Å². The fraction of sp³-hybridized carbons (Fsp3) is 0.400. The zero-order valence-corrected chi connectivity index (χ0v) is 9.80. The number of benzene rings is 1. The highest BCUT2D eigenvalue weighted by Gasteiger charge is 2.29. The SMILES string of the molecule is CC(F)(CN)c1cc2c(cc1Br)OCO2. The average molecular weight is 276 g/mol. The molecule has 1 atom stereocenters. The second kappa shape index (κ2) is 3.64. The summed E-state index contributed by atoms with van der Waals surface area (Å²) in [6.45, 7) is 1.54. The van der Waals surface area contributed by atoms with Crippen LogP contribution in [0, 0.1) is 0 Å². The van der Waals surface area contributed by atoms with Gasteiger partial charge in [-0.3, -0.25) is 0 Å². The van der Waals surface area contributed by atoms with Crippen LogP contribution in [0.3, 0.4) is 0 Å². The third-order valence-electron chi connectivity index (χ3n) is 2.41. The molecule has 1 aliphatic heterocycles. The number of ether oxygens (including phenoxy) is 2. The van der Waals surface area contributed by atoms with Crippen molar-refractivity contribution in [3.63, 3.8) is 0 Å². The van der Waals surface area contributed by atoms with Gasteiger partial charge in [-0.1, -0.05) is 15.9 Å². The van der Waals surface area contributed by atoms with Crippen LogP contribution in [-0.4, -0.2) is 13.3 Å². The Bertz CT molecular complexity index is 395. The van der Waals surface area contributed by atoms with Crippen molar-refractivity contribution in [1.82, 2.24) is 0 Å². The highest BCUT2D eigenvalue weighted by molar-refractivity contribution is 9.10. The van der Waals surface area contributed by atoms with Crippen molar-refractivity contribution in [2.75, 3.05) is 13.3 Å². The second-order valence-electron chi connectivity index (χ2n) is 3.59. The lowest BCUT2D eigenvalue weighted by molar-refractivity contribution is 0.173. The van der Waals surface area contributed by atoms with Gasteiger partial charge in [-0.2, -0.15) is 0 Å². The Morgan fingerprint density at radius 2 is 2.07 bits per heavy atom. The van der Waals surface area contributed by atoms with E-state index in [1.807, 2.05) is 0 Å². The van der Waals surface area contributed by atoms with Gasteiger partial charge < -0.3 is 15.2 Å². The van der Waals surface area contributed by atoms with E-state index in [1.165, 1.54) is 6.92 Å². The summed E-state index contributed by atoms with van der Waals surface area (Å²) in [6.07, 6.45) is 0. The maximum Gasteiger partial charge on any atom is 0.231 e. The fourth-order valence-corrected chi connectivity index (χ4v) is 2.16. The van der Waals surface area contributed by atoms with Crippen molar-refractivity contribution in [3.8, 4) is 11.5 Å². The lowest BCUT2D eigenvalue weighted by Gasteiger charge is -2.20. The van der Waals surface area contributed by atoms with E-state index in [0.717, 1.165) is 0 Å². The van der Waals surface area contributed by atoms with Gasteiger partial charge in [0, 0.05) is 16.6 Å². The summed E-state index contributed by atoms with van der Waals surface area (Å²) in [4.78, 5) is 0. The lowest BCUT2D eigenvalue weighted by atomic mass is 9.98. The van der Waals surface area contributed by atoms with Crippen molar-refractivity contribution in [2.24, 2.45) is 5.73 Å². The van der Waals surface area contributed by atoms with Crippen molar-refractivity contribution in [2.45, 2.75) is 12.6 Å². The predicted octanol–water partition coefficient (Wildman–Crippen LogP) is 2.32. The minimum atomic E-state index is -1.57. The smallest absolute Gasteiger partial charge is 0.231 e. The second-order valence-corrected chi connectivity index (χ2v) is 4.44. The standard InChI is InChI=1S/C10H11BrFNO2/c1-10(12,4-13)6-2-8-9(3-7(6)11)15-5-14-8/h2-3H,4-5,13H2,1H3. The minimum absolute atomic E-state index is 0.0781. The average Bonchev–Trinajstić information content (AvgIpc) is 2.63. The van der Waals surface area contributed by atoms with Crippen LogP contribution in [0.15, 0.2) is 16.6 Å². The number of hydrogen-bond donors (Lipinski definition) is 1. The van der Waals surface area contributed by atoms with E-state index >= 15 is 0 Å². The maximum atomic E-state index is 14.0. The third kappa shape index (κ3) is 1.81. The molecule has 0 aliphatic carbocycles. The Morgan fingerprint density at radius 3 is 2.67 bits per heavy atom. The van der Waals surface area contributed by atoms with E-state index in [-0.39, 0.29) is 13.3 Å². The molecule has 0 saturated carbocycles. The Morgan fingerprint density at radius 1 is 1.47 bits per heavy atom. The van der Waals surface area contributed by atoms with Crippen LogP contribution in [0.2, 0.25) is 0 Å². The van der Waals surface area contributed by atoms with Crippen molar-refractivity contribution >= 4 is 15.9 Å². The van der Waals surface area contributed by atoms with Crippen LogP contribution >= 0.6 is 15.9 Å². The molecule has 0 saturated heterocycles. The summed E-state index contributed by atoms with van der Waals surface area (Å²) in [7, 11) is 0. The number of fused-ring (bicyclic) bond motifs is 1. The molecule has 0 spiro atoms. The molecule has 0 amide bonds. The van der Waals surface area contributed by atoms with Crippen molar-refractivity contribution < 1.29 is 13.9 Å². The van der Waals surface area contributed by atoms with Gasteiger partial charge in [0.25, 0.3) is 0 Å².